The second-order valence-electron chi connectivity index (χ2n) is 4.15. The van der Waals surface area contributed by atoms with Crippen molar-refractivity contribution in [3.8, 4) is 0 Å². The van der Waals surface area contributed by atoms with E-state index >= 15 is 0 Å². The van der Waals surface area contributed by atoms with E-state index < -0.39 is 9.05 Å². The predicted octanol–water partition coefficient (Wildman–Crippen LogP) is 2.71. The Bertz CT molecular complexity index is 484. The van der Waals surface area contributed by atoms with Crippen molar-refractivity contribution in [2.45, 2.75) is 51.2 Å². The molecule has 0 aromatic carbocycles. The molecule has 0 unspecified atom stereocenters. The van der Waals surface area contributed by atoms with Crippen LogP contribution in [-0.2, 0) is 20.4 Å². The number of hydrogen-bond donors (Lipinski definition) is 0. The minimum Gasteiger partial charge on any atom is -0.375 e. The first kappa shape index (κ1) is 15.5. The lowest BCUT2D eigenvalue weighted by molar-refractivity contribution is 0.112. The first-order chi connectivity index (χ1) is 8.41. The molecule has 7 heteroatoms. The van der Waals surface area contributed by atoms with Gasteiger partial charge in [-0.05, 0) is 19.8 Å². The van der Waals surface area contributed by atoms with Crippen molar-refractivity contribution in [3.63, 3.8) is 0 Å². The average Bonchev–Trinajstić information content (AvgIpc) is 2.72. The molecule has 0 radical (unpaired) electrons. The van der Waals surface area contributed by atoms with Crippen molar-refractivity contribution < 1.29 is 13.2 Å². The summed E-state index contributed by atoms with van der Waals surface area (Å²) in [6.07, 6.45) is 3.02. The number of hydrogen-bond acceptors (Lipinski definition) is 4. The monoisotopic (exact) mass is 294 g/mol. The van der Waals surface area contributed by atoms with Crippen molar-refractivity contribution in [3.05, 3.63) is 11.9 Å². The van der Waals surface area contributed by atoms with E-state index in [9.17, 15) is 8.42 Å². The van der Waals surface area contributed by atoms with Crippen LogP contribution in [0.1, 0.15) is 45.3 Å². The molecular weight excluding hydrogens is 276 g/mol. The Morgan fingerprint density at radius 1 is 1.50 bits per heavy atom. The van der Waals surface area contributed by atoms with Gasteiger partial charge in [0.2, 0.25) is 0 Å². The SMILES string of the molecule is CCCOCc1c(S(=O)(=O)Cl)cnn1[C@H](C)CC. The molecular formula is C11H19ClN2O3S. The molecule has 1 aromatic heterocycles. The van der Waals surface area contributed by atoms with Gasteiger partial charge in [0, 0.05) is 23.3 Å². The van der Waals surface area contributed by atoms with Crippen LogP contribution in [0, 0.1) is 0 Å². The average molecular weight is 295 g/mol. The lowest BCUT2D eigenvalue weighted by atomic mass is 10.2. The number of rotatable bonds is 7. The van der Waals surface area contributed by atoms with Crippen LogP contribution < -0.4 is 0 Å². The van der Waals surface area contributed by atoms with Gasteiger partial charge in [-0.2, -0.15) is 5.10 Å². The fourth-order valence-corrected chi connectivity index (χ4v) is 2.57. The summed E-state index contributed by atoms with van der Waals surface area (Å²) >= 11 is 0. The lowest BCUT2D eigenvalue weighted by Gasteiger charge is -2.14. The van der Waals surface area contributed by atoms with Crippen LogP contribution in [0.15, 0.2) is 11.1 Å². The number of nitrogens with zero attached hydrogens (tertiary/aromatic N) is 2. The van der Waals surface area contributed by atoms with Gasteiger partial charge in [0.1, 0.15) is 4.90 Å². The second kappa shape index (κ2) is 6.54. The maximum atomic E-state index is 11.5. The van der Waals surface area contributed by atoms with Crippen LogP contribution in [0.2, 0.25) is 0 Å². The van der Waals surface area contributed by atoms with Crippen molar-refractivity contribution in [1.29, 1.82) is 0 Å². The van der Waals surface area contributed by atoms with Crippen LogP contribution in [0.5, 0.6) is 0 Å². The fraction of sp³-hybridized carbons (Fsp3) is 0.727. The number of ether oxygens (including phenoxy) is 1. The van der Waals surface area contributed by atoms with Gasteiger partial charge in [-0.25, -0.2) is 8.42 Å². The fourth-order valence-electron chi connectivity index (χ4n) is 1.58. The zero-order valence-corrected chi connectivity index (χ0v) is 12.5. The maximum Gasteiger partial charge on any atom is 0.264 e. The van der Waals surface area contributed by atoms with Crippen molar-refractivity contribution in [2.75, 3.05) is 6.61 Å². The van der Waals surface area contributed by atoms with Gasteiger partial charge in [-0.15, -0.1) is 0 Å². The molecule has 1 rings (SSSR count). The molecule has 0 aliphatic rings. The van der Waals surface area contributed by atoms with Crippen molar-refractivity contribution in [2.24, 2.45) is 0 Å². The Balaban J connectivity index is 3.09. The lowest BCUT2D eigenvalue weighted by Crippen LogP contribution is -2.12. The second-order valence-corrected chi connectivity index (χ2v) is 6.68. The van der Waals surface area contributed by atoms with Crippen LogP contribution in [0.25, 0.3) is 0 Å². The summed E-state index contributed by atoms with van der Waals surface area (Å²) in [5.41, 5.74) is 0.521. The van der Waals surface area contributed by atoms with Gasteiger partial charge in [0.25, 0.3) is 9.05 Å². The molecule has 0 N–H and O–H groups in total. The van der Waals surface area contributed by atoms with E-state index in [4.69, 9.17) is 15.4 Å². The van der Waals surface area contributed by atoms with Gasteiger partial charge in [0.05, 0.1) is 18.5 Å². The first-order valence-electron chi connectivity index (χ1n) is 6.00. The van der Waals surface area contributed by atoms with E-state index in [2.05, 4.69) is 5.10 Å². The van der Waals surface area contributed by atoms with Gasteiger partial charge in [-0.3, -0.25) is 4.68 Å². The quantitative estimate of drug-likeness (QED) is 0.573. The third-order valence-corrected chi connectivity index (χ3v) is 4.08. The van der Waals surface area contributed by atoms with Gasteiger partial charge in [-0.1, -0.05) is 13.8 Å². The highest BCUT2D eigenvalue weighted by atomic mass is 35.7. The molecule has 0 amide bonds. The highest BCUT2D eigenvalue weighted by Crippen LogP contribution is 2.24. The van der Waals surface area contributed by atoms with Crippen molar-refractivity contribution in [1.82, 2.24) is 9.78 Å². The summed E-state index contributed by atoms with van der Waals surface area (Å²) < 4.78 is 30.0. The van der Waals surface area contributed by atoms with E-state index in [1.165, 1.54) is 6.20 Å². The standard InChI is InChI=1S/C11H19ClN2O3S/c1-4-6-17-8-10-11(18(12,15)16)7-13-14(10)9(3)5-2/h7,9H,4-6,8H2,1-3H3/t9-/m1/s1. The maximum absolute atomic E-state index is 11.5. The molecule has 0 aliphatic carbocycles. The van der Waals surface area contributed by atoms with Crippen LogP contribution in [-0.4, -0.2) is 24.8 Å². The molecule has 18 heavy (non-hydrogen) atoms. The van der Waals surface area contributed by atoms with Crippen LogP contribution in [0.4, 0.5) is 0 Å². The van der Waals surface area contributed by atoms with Crippen LogP contribution in [0.3, 0.4) is 0 Å². The van der Waals surface area contributed by atoms with E-state index in [1.807, 2.05) is 20.8 Å². The summed E-state index contributed by atoms with van der Waals surface area (Å²) in [5.74, 6) is 0. The summed E-state index contributed by atoms with van der Waals surface area (Å²) in [6, 6.07) is 0.109. The molecule has 1 atom stereocenters. The Morgan fingerprint density at radius 2 is 2.17 bits per heavy atom. The normalized spacial score (nSPS) is 13.8. The Labute approximate surface area is 113 Å². The zero-order valence-electron chi connectivity index (χ0n) is 10.9. The topological polar surface area (TPSA) is 61.2 Å². The minimum atomic E-state index is -3.78. The molecule has 5 nitrogen and oxygen atoms in total. The number of aromatic nitrogens is 2. The third kappa shape index (κ3) is 3.70. The van der Waals surface area contributed by atoms with Gasteiger partial charge in [0.15, 0.2) is 0 Å². The van der Waals surface area contributed by atoms with Crippen molar-refractivity contribution >= 4 is 19.7 Å². The van der Waals surface area contributed by atoms with Gasteiger partial charge >= 0.3 is 0 Å². The summed E-state index contributed by atoms with van der Waals surface area (Å²) in [4.78, 5) is 0.0422. The Kier molecular flexibility index (Phi) is 5.62. The zero-order chi connectivity index (χ0) is 13.8. The molecule has 1 aromatic rings. The van der Waals surface area contributed by atoms with E-state index in [1.54, 1.807) is 4.68 Å². The Hall–Kier alpha value is -0.590. The van der Waals surface area contributed by atoms with Crippen LogP contribution >= 0.6 is 10.7 Å². The number of halogens is 1. The molecule has 0 aliphatic heterocycles. The molecule has 1 heterocycles. The minimum absolute atomic E-state index is 0.0422. The first-order valence-corrected chi connectivity index (χ1v) is 8.31. The predicted molar refractivity (Wildman–Crippen MR) is 70.2 cm³/mol. The molecule has 0 fully saturated rings. The van der Waals surface area contributed by atoms with E-state index in [0.29, 0.717) is 12.3 Å². The molecule has 0 saturated heterocycles. The smallest absolute Gasteiger partial charge is 0.264 e. The molecule has 0 spiro atoms. The van der Waals surface area contributed by atoms with E-state index in [0.717, 1.165) is 12.8 Å². The highest BCUT2D eigenvalue weighted by molar-refractivity contribution is 8.13. The third-order valence-electron chi connectivity index (χ3n) is 2.72. The van der Waals surface area contributed by atoms with E-state index in [-0.39, 0.29) is 17.5 Å². The summed E-state index contributed by atoms with van der Waals surface area (Å²) in [7, 11) is 1.62. The summed E-state index contributed by atoms with van der Waals surface area (Å²) in [6.45, 7) is 6.76. The molecule has 0 saturated carbocycles. The molecule has 0 bridgehead atoms. The Morgan fingerprint density at radius 3 is 2.67 bits per heavy atom. The largest absolute Gasteiger partial charge is 0.375 e. The summed E-state index contributed by atoms with van der Waals surface area (Å²) in [5, 5.41) is 4.11. The molecule has 104 valence electrons. The van der Waals surface area contributed by atoms with Gasteiger partial charge < -0.3 is 4.74 Å². The highest BCUT2D eigenvalue weighted by Gasteiger charge is 2.22.